The maximum absolute atomic E-state index is 12.8. The van der Waals surface area contributed by atoms with Crippen molar-refractivity contribution in [3.63, 3.8) is 0 Å². The van der Waals surface area contributed by atoms with E-state index >= 15 is 0 Å². The summed E-state index contributed by atoms with van der Waals surface area (Å²) < 4.78 is 1.57. The summed E-state index contributed by atoms with van der Waals surface area (Å²) in [6, 6.07) is 11.4. The Morgan fingerprint density at radius 1 is 1.43 bits per heavy atom. The van der Waals surface area contributed by atoms with Gasteiger partial charge in [-0.3, -0.25) is 9.48 Å². The van der Waals surface area contributed by atoms with Crippen molar-refractivity contribution in [2.75, 3.05) is 13.1 Å². The Morgan fingerprint density at radius 3 is 2.78 bits per heavy atom. The Bertz CT molecular complexity index is 698. The van der Waals surface area contributed by atoms with Crippen molar-refractivity contribution in [1.82, 2.24) is 20.4 Å². The molecule has 0 saturated carbocycles. The highest BCUT2D eigenvalue weighted by Crippen LogP contribution is 2.31. The van der Waals surface area contributed by atoms with E-state index in [1.165, 1.54) is 0 Å². The Labute approximate surface area is 135 Å². The van der Waals surface area contributed by atoms with Crippen molar-refractivity contribution in [2.45, 2.75) is 25.0 Å². The number of aliphatic hydroxyl groups excluding tert-OH is 1. The van der Waals surface area contributed by atoms with Gasteiger partial charge in [0.2, 0.25) is 0 Å². The van der Waals surface area contributed by atoms with Crippen LogP contribution in [0.3, 0.4) is 0 Å². The quantitative estimate of drug-likeness (QED) is 0.779. The highest BCUT2D eigenvalue weighted by Gasteiger charge is 2.43. The Hall–Kier alpha value is -2.18. The fraction of sp³-hybridized carbons (Fsp3) is 0.412. The molecule has 1 aromatic heterocycles. The number of aryl methyl sites for hydroxylation is 2. The predicted molar refractivity (Wildman–Crippen MR) is 87.0 cm³/mol. The summed E-state index contributed by atoms with van der Waals surface area (Å²) in [4.78, 5) is 12.8. The van der Waals surface area contributed by atoms with Crippen molar-refractivity contribution < 1.29 is 9.90 Å². The van der Waals surface area contributed by atoms with Crippen LogP contribution in [-0.4, -0.2) is 40.0 Å². The van der Waals surface area contributed by atoms with E-state index in [4.69, 9.17) is 0 Å². The lowest BCUT2D eigenvalue weighted by molar-refractivity contribution is 0.0286. The van der Waals surface area contributed by atoms with Crippen LogP contribution in [0, 0.1) is 6.92 Å². The third-order valence-electron chi connectivity index (χ3n) is 4.46. The smallest absolute Gasteiger partial charge is 0.270 e. The first-order chi connectivity index (χ1) is 11.0. The van der Waals surface area contributed by atoms with Crippen molar-refractivity contribution in [3.8, 4) is 0 Å². The third kappa shape index (κ3) is 2.87. The molecule has 0 aliphatic carbocycles. The first kappa shape index (κ1) is 15.7. The maximum atomic E-state index is 12.8. The average Bonchev–Trinajstić information content (AvgIpc) is 2.89. The summed E-state index contributed by atoms with van der Waals surface area (Å²) in [6.45, 7) is 3.03. The normalized spacial score (nSPS) is 24.4. The molecule has 122 valence electrons. The lowest BCUT2D eigenvalue weighted by Crippen LogP contribution is -2.61. The van der Waals surface area contributed by atoms with Gasteiger partial charge in [0.05, 0.1) is 17.3 Å². The molecule has 1 aliphatic rings. The van der Waals surface area contributed by atoms with Gasteiger partial charge >= 0.3 is 0 Å². The number of carbonyl (C=O) groups is 1. The molecule has 2 atom stereocenters. The van der Waals surface area contributed by atoms with Crippen molar-refractivity contribution in [2.24, 2.45) is 7.05 Å². The zero-order valence-electron chi connectivity index (χ0n) is 13.4. The topological polar surface area (TPSA) is 79.2 Å². The highest BCUT2D eigenvalue weighted by molar-refractivity contribution is 5.93. The molecule has 2 aromatic rings. The van der Waals surface area contributed by atoms with Gasteiger partial charge in [-0.15, -0.1) is 0 Å². The zero-order valence-corrected chi connectivity index (χ0v) is 13.4. The Morgan fingerprint density at radius 2 is 2.17 bits per heavy atom. The fourth-order valence-corrected chi connectivity index (χ4v) is 3.25. The number of nitrogens with one attached hydrogen (secondary N) is 2. The van der Waals surface area contributed by atoms with Crippen LogP contribution in [-0.2, 0) is 12.6 Å². The Balaban J connectivity index is 1.96. The second-order valence-electron chi connectivity index (χ2n) is 6.06. The molecule has 23 heavy (non-hydrogen) atoms. The van der Waals surface area contributed by atoms with Gasteiger partial charge in [-0.25, -0.2) is 0 Å². The van der Waals surface area contributed by atoms with E-state index in [-0.39, 0.29) is 5.91 Å². The molecule has 0 unspecified atom stereocenters. The molecule has 1 saturated heterocycles. The van der Waals surface area contributed by atoms with Crippen LogP contribution in [0.5, 0.6) is 0 Å². The van der Waals surface area contributed by atoms with Crippen LogP contribution < -0.4 is 10.6 Å². The molecule has 0 spiro atoms. The van der Waals surface area contributed by atoms with E-state index in [1.54, 1.807) is 17.8 Å². The standard InChI is InChI=1S/C17H22N4O2/c1-12-10-14(21(2)20-12)16(23)19-17(8-9-18-11-15(17)22)13-6-4-3-5-7-13/h3-7,10,15,18,22H,8-9,11H2,1-2H3,(H,19,23)/t15-,17-/m1/s1. The number of benzene rings is 1. The summed E-state index contributed by atoms with van der Waals surface area (Å²) >= 11 is 0. The summed E-state index contributed by atoms with van der Waals surface area (Å²) in [6.07, 6.45) is -0.0715. The minimum absolute atomic E-state index is 0.224. The molecule has 1 aromatic carbocycles. The predicted octanol–water partition coefficient (Wildman–Crippen LogP) is 0.708. The average molecular weight is 314 g/mol. The SMILES string of the molecule is Cc1cc(C(=O)N[C@@]2(c3ccccc3)CCNC[C@H]2O)n(C)n1. The van der Waals surface area contributed by atoms with Crippen LogP contribution in [0.4, 0.5) is 0 Å². The molecule has 1 amide bonds. The van der Waals surface area contributed by atoms with E-state index in [0.29, 0.717) is 18.7 Å². The number of hydrogen-bond acceptors (Lipinski definition) is 4. The van der Waals surface area contributed by atoms with Crippen LogP contribution in [0.2, 0.25) is 0 Å². The van der Waals surface area contributed by atoms with Gasteiger partial charge in [0.1, 0.15) is 5.69 Å². The molecular weight excluding hydrogens is 292 g/mol. The number of aromatic nitrogens is 2. The summed E-state index contributed by atoms with van der Waals surface area (Å²) in [5.41, 5.74) is 1.41. The minimum Gasteiger partial charge on any atom is -0.389 e. The largest absolute Gasteiger partial charge is 0.389 e. The number of hydrogen-bond donors (Lipinski definition) is 3. The number of amides is 1. The minimum atomic E-state index is -0.790. The number of rotatable bonds is 3. The maximum Gasteiger partial charge on any atom is 0.270 e. The van der Waals surface area contributed by atoms with Gasteiger partial charge in [-0.2, -0.15) is 5.10 Å². The molecule has 1 aliphatic heterocycles. The highest BCUT2D eigenvalue weighted by atomic mass is 16.3. The van der Waals surface area contributed by atoms with E-state index in [1.807, 2.05) is 37.3 Å². The first-order valence-corrected chi connectivity index (χ1v) is 7.80. The van der Waals surface area contributed by atoms with Crippen LogP contribution in [0.1, 0.15) is 28.2 Å². The first-order valence-electron chi connectivity index (χ1n) is 7.80. The number of piperidine rings is 1. The molecule has 3 N–H and O–H groups in total. The molecule has 3 rings (SSSR count). The lowest BCUT2D eigenvalue weighted by atomic mass is 9.79. The van der Waals surface area contributed by atoms with Gasteiger partial charge in [-0.1, -0.05) is 30.3 Å². The molecule has 2 heterocycles. The second kappa shape index (κ2) is 6.14. The molecular formula is C17H22N4O2. The molecule has 0 bridgehead atoms. The van der Waals surface area contributed by atoms with Crippen LogP contribution >= 0.6 is 0 Å². The van der Waals surface area contributed by atoms with Crippen molar-refractivity contribution in [3.05, 3.63) is 53.3 Å². The van der Waals surface area contributed by atoms with Crippen LogP contribution in [0.25, 0.3) is 0 Å². The van der Waals surface area contributed by atoms with E-state index in [2.05, 4.69) is 15.7 Å². The molecule has 0 radical (unpaired) electrons. The van der Waals surface area contributed by atoms with Crippen LogP contribution in [0.15, 0.2) is 36.4 Å². The molecule has 6 heteroatoms. The monoisotopic (exact) mass is 314 g/mol. The fourth-order valence-electron chi connectivity index (χ4n) is 3.25. The van der Waals surface area contributed by atoms with Gasteiger partial charge in [0.25, 0.3) is 5.91 Å². The number of carbonyl (C=O) groups excluding carboxylic acids is 1. The zero-order chi connectivity index (χ0) is 16.4. The number of nitrogens with zero attached hydrogens (tertiary/aromatic N) is 2. The van der Waals surface area contributed by atoms with Gasteiger partial charge in [0, 0.05) is 13.6 Å². The lowest BCUT2D eigenvalue weighted by Gasteiger charge is -2.42. The van der Waals surface area contributed by atoms with Gasteiger partial charge < -0.3 is 15.7 Å². The van der Waals surface area contributed by atoms with Gasteiger partial charge in [-0.05, 0) is 31.5 Å². The van der Waals surface area contributed by atoms with E-state index < -0.39 is 11.6 Å². The third-order valence-corrected chi connectivity index (χ3v) is 4.46. The molecule has 1 fully saturated rings. The number of aliphatic hydroxyl groups is 1. The van der Waals surface area contributed by atoms with Crippen molar-refractivity contribution in [1.29, 1.82) is 0 Å². The van der Waals surface area contributed by atoms with Gasteiger partial charge in [0.15, 0.2) is 0 Å². The summed E-state index contributed by atoms with van der Waals surface area (Å²) in [5, 5.41) is 21.1. The second-order valence-corrected chi connectivity index (χ2v) is 6.06. The summed E-state index contributed by atoms with van der Waals surface area (Å²) in [7, 11) is 1.75. The Kier molecular flexibility index (Phi) is 4.19. The van der Waals surface area contributed by atoms with Crippen molar-refractivity contribution >= 4 is 5.91 Å². The van der Waals surface area contributed by atoms with E-state index in [0.717, 1.165) is 17.8 Å². The summed E-state index contributed by atoms with van der Waals surface area (Å²) in [5.74, 6) is -0.224. The van der Waals surface area contributed by atoms with E-state index in [9.17, 15) is 9.90 Å². The molecule has 6 nitrogen and oxygen atoms in total. The number of β-amino-alcohol motifs (C(OH)–C–C–N with tert-alkyl or cyclic N) is 1.